The molecule has 0 saturated carbocycles. The highest BCUT2D eigenvalue weighted by molar-refractivity contribution is 7.22. The van der Waals surface area contributed by atoms with Gasteiger partial charge in [0.05, 0.1) is 0 Å². The van der Waals surface area contributed by atoms with Crippen LogP contribution in [0, 0.1) is 11.3 Å². The van der Waals surface area contributed by atoms with Gasteiger partial charge in [0.2, 0.25) is 0 Å². The zero-order valence-corrected chi connectivity index (χ0v) is 20.0. The second-order valence-corrected chi connectivity index (χ2v) is 9.65. The number of nitriles is 1. The smallest absolute Gasteiger partial charge is 0.174 e. The first-order valence-corrected chi connectivity index (χ1v) is 12.7. The molecule has 0 radical (unpaired) electrons. The van der Waals surface area contributed by atoms with Gasteiger partial charge in [0, 0.05) is 16.1 Å². The van der Waals surface area contributed by atoms with Gasteiger partial charge in [-0.25, -0.2) is 0 Å². The van der Waals surface area contributed by atoms with Crippen molar-refractivity contribution >= 4 is 21.4 Å². The fourth-order valence-corrected chi connectivity index (χ4v) is 5.76. The Morgan fingerprint density at radius 1 is 0.853 bits per heavy atom. The lowest BCUT2D eigenvalue weighted by Crippen LogP contribution is -2.25. The largest absolute Gasteiger partial charge is 0.492 e. The Balaban J connectivity index is 1.33. The minimum atomic E-state index is 0.0610. The fourth-order valence-electron chi connectivity index (χ4n) is 4.53. The van der Waals surface area contributed by atoms with Crippen molar-refractivity contribution in [1.82, 2.24) is 4.90 Å². The molecule has 1 aromatic heterocycles. The van der Waals surface area contributed by atoms with Gasteiger partial charge in [0.25, 0.3) is 0 Å². The number of ether oxygens (including phenoxy) is 2. The van der Waals surface area contributed by atoms with Crippen molar-refractivity contribution < 1.29 is 9.47 Å². The number of nitrogens with zero attached hydrogens (tertiary/aromatic N) is 2. The van der Waals surface area contributed by atoms with Gasteiger partial charge in [0.15, 0.2) is 6.61 Å². The zero-order chi connectivity index (χ0) is 23.2. The number of thiophene rings is 1. The number of fused-ring (bicyclic) bond motifs is 1. The van der Waals surface area contributed by atoms with Crippen molar-refractivity contribution in [1.29, 1.82) is 5.26 Å². The number of benzene rings is 3. The van der Waals surface area contributed by atoms with Gasteiger partial charge in [-0.1, -0.05) is 30.3 Å². The number of hydrogen-bond donors (Lipinski definition) is 0. The summed E-state index contributed by atoms with van der Waals surface area (Å²) in [5.41, 5.74) is 3.78. The lowest BCUT2D eigenvalue weighted by molar-refractivity contribution is 0.238. The van der Waals surface area contributed by atoms with Crippen LogP contribution in [-0.2, 0) is 6.42 Å². The molecule has 1 fully saturated rings. The second-order valence-electron chi connectivity index (χ2n) is 8.60. The highest BCUT2D eigenvalue weighted by Crippen LogP contribution is 2.40. The normalized spacial score (nSPS) is 13.7. The summed E-state index contributed by atoms with van der Waals surface area (Å²) in [4.78, 5) is 3.75. The first-order valence-electron chi connectivity index (χ1n) is 11.8. The van der Waals surface area contributed by atoms with E-state index in [9.17, 15) is 0 Å². The first-order chi connectivity index (χ1) is 16.8. The molecule has 34 heavy (non-hydrogen) atoms. The predicted molar refractivity (Wildman–Crippen MR) is 139 cm³/mol. The Labute approximate surface area is 205 Å². The Hall–Kier alpha value is -3.33. The molecule has 0 unspecified atom stereocenters. The van der Waals surface area contributed by atoms with E-state index in [0.717, 1.165) is 25.3 Å². The monoisotopic (exact) mass is 468 g/mol. The highest BCUT2D eigenvalue weighted by Gasteiger charge is 2.15. The van der Waals surface area contributed by atoms with Crippen LogP contribution in [0.5, 0.6) is 11.5 Å². The fraction of sp³-hybridized carbons (Fsp3) is 0.276. The standard InChI is InChI=1S/C29H28N2O2S/c30-15-19-32-25-13-9-23(10-14-25)29-27(26-5-1-2-6-28(26)34-29)21-22-7-11-24(12-8-22)33-20-18-31-16-3-4-17-31/h1-2,5-14H,3-4,16-21H2. The maximum absolute atomic E-state index is 8.74. The van der Waals surface area contributed by atoms with Crippen LogP contribution in [0.4, 0.5) is 0 Å². The lowest BCUT2D eigenvalue weighted by atomic mass is 9.99. The molecule has 0 spiro atoms. The lowest BCUT2D eigenvalue weighted by Gasteiger charge is -2.15. The minimum absolute atomic E-state index is 0.0610. The second kappa shape index (κ2) is 10.7. The Bertz CT molecular complexity index is 1270. The summed E-state index contributed by atoms with van der Waals surface area (Å²) in [7, 11) is 0. The van der Waals surface area contributed by atoms with Gasteiger partial charge in [-0.05, 0) is 96.9 Å². The van der Waals surface area contributed by atoms with Crippen LogP contribution >= 0.6 is 11.3 Å². The Morgan fingerprint density at radius 3 is 2.32 bits per heavy atom. The van der Waals surface area contributed by atoms with Gasteiger partial charge in [-0.2, -0.15) is 5.26 Å². The molecular weight excluding hydrogens is 440 g/mol. The topological polar surface area (TPSA) is 45.5 Å². The van der Waals surface area contributed by atoms with Crippen LogP contribution in [0.2, 0.25) is 0 Å². The summed E-state index contributed by atoms with van der Waals surface area (Å²) in [6, 6.07) is 27.2. The van der Waals surface area contributed by atoms with Crippen molar-refractivity contribution in [3.63, 3.8) is 0 Å². The maximum Gasteiger partial charge on any atom is 0.174 e. The van der Waals surface area contributed by atoms with Crippen LogP contribution in [0.1, 0.15) is 24.0 Å². The van der Waals surface area contributed by atoms with E-state index >= 15 is 0 Å². The summed E-state index contributed by atoms with van der Waals surface area (Å²) < 4.78 is 12.7. The van der Waals surface area contributed by atoms with Crippen LogP contribution in [0.25, 0.3) is 20.5 Å². The van der Waals surface area contributed by atoms with Crippen molar-refractivity contribution in [3.8, 4) is 28.0 Å². The third kappa shape index (κ3) is 5.25. The van der Waals surface area contributed by atoms with E-state index in [-0.39, 0.29) is 6.61 Å². The number of hydrogen-bond acceptors (Lipinski definition) is 5. The quantitative estimate of drug-likeness (QED) is 0.280. The van der Waals surface area contributed by atoms with Crippen LogP contribution in [0.3, 0.4) is 0 Å². The summed E-state index contributed by atoms with van der Waals surface area (Å²) in [6.07, 6.45) is 3.49. The van der Waals surface area contributed by atoms with Gasteiger partial charge >= 0.3 is 0 Å². The van der Waals surface area contributed by atoms with Crippen LogP contribution in [0.15, 0.2) is 72.8 Å². The third-order valence-electron chi connectivity index (χ3n) is 6.30. The SMILES string of the molecule is N#CCOc1ccc(-c2sc3ccccc3c2Cc2ccc(OCCN3CCCC3)cc2)cc1. The van der Waals surface area contributed by atoms with Gasteiger partial charge in [0.1, 0.15) is 24.2 Å². The van der Waals surface area contributed by atoms with E-state index in [1.807, 2.05) is 29.5 Å². The third-order valence-corrected chi connectivity index (χ3v) is 7.56. The van der Waals surface area contributed by atoms with E-state index in [4.69, 9.17) is 14.7 Å². The Kier molecular flexibility index (Phi) is 7.09. The van der Waals surface area contributed by atoms with Gasteiger partial charge in [-0.15, -0.1) is 11.3 Å². The molecule has 4 aromatic rings. The van der Waals surface area contributed by atoms with E-state index in [1.54, 1.807) is 0 Å². The molecular formula is C29H28N2O2S. The molecule has 5 rings (SSSR count). The molecule has 1 aliphatic rings. The van der Waals surface area contributed by atoms with E-state index in [1.165, 1.54) is 57.6 Å². The molecule has 0 bridgehead atoms. The van der Waals surface area contributed by atoms with Gasteiger partial charge < -0.3 is 9.47 Å². The first kappa shape index (κ1) is 22.5. The molecule has 0 atom stereocenters. The van der Waals surface area contributed by atoms with Crippen molar-refractivity contribution in [3.05, 3.63) is 83.9 Å². The summed E-state index contributed by atoms with van der Waals surface area (Å²) in [6.45, 7) is 4.22. The van der Waals surface area contributed by atoms with Crippen molar-refractivity contribution in [2.75, 3.05) is 32.8 Å². The van der Waals surface area contributed by atoms with E-state index in [2.05, 4.69) is 65.6 Å². The van der Waals surface area contributed by atoms with Crippen LogP contribution < -0.4 is 9.47 Å². The zero-order valence-electron chi connectivity index (χ0n) is 19.2. The average Bonchev–Trinajstić information content (AvgIpc) is 3.53. The maximum atomic E-state index is 8.74. The highest BCUT2D eigenvalue weighted by atomic mass is 32.1. The molecule has 2 heterocycles. The average molecular weight is 469 g/mol. The summed E-state index contributed by atoms with van der Waals surface area (Å²) in [5.74, 6) is 1.65. The number of rotatable bonds is 9. The molecule has 3 aromatic carbocycles. The Morgan fingerprint density at radius 2 is 1.56 bits per heavy atom. The molecule has 1 aliphatic heterocycles. The van der Waals surface area contributed by atoms with E-state index < -0.39 is 0 Å². The van der Waals surface area contributed by atoms with Gasteiger partial charge in [-0.3, -0.25) is 4.90 Å². The summed E-state index contributed by atoms with van der Waals surface area (Å²) in [5, 5.41) is 10.0. The van der Waals surface area contributed by atoms with Crippen molar-refractivity contribution in [2.24, 2.45) is 0 Å². The van der Waals surface area contributed by atoms with Crippen molar-refractivity contribution in [2.45, 2.75) is 19.3 Å². The molecule has 0 amide bonds. The van der Waals surface area contributed by atoms with Crippen LogP contribution in [-0.4, -0.2) is 37.7 Å². The molecule has 5 heteroatoms. The molecule has 1 saturated heterocycles. The van der Waals surface area contributed by atoms with E-state index in [0.29, 0.717) is 5.75 Å². The molecule has 172 valence electrons. The minimum Gasteiger partial charge on any atom is -0.492 e. The predicted octanol–water partition coefficient (Wildman–Crippen LogP) is 6.54. The summed E-state index contributed by atoms with van der Waals surface area (Å²) >= 11 is 1.82. The molecule has 4 nitrogen and oxygen atoms in total. The molecule has 0 aliphatic carbocycles. The number of likely N-dealkylation sites (tertiary alicyclic amines) is 1. The molecule has 0 N–H and O–H groups in total.